The van der Waals surface area contributed by atoms with Crippen LogP contribution in [0.2, 0.25) is 5.02 Å². The topological polar surface area (TPSA) is 127 Å². The van der Waals surface area contributed by atoms with Crippen LogP contribution in [0.5, 0.6) is 5.75 Å². The minimum absolute atomic E-state index is 0.0588. The van der Waals surface area contributed by atoms with E-state index in [1.165, 1.54) is 0 Å². The zero-order chi connectivity index (χ0) is 23.5. The highest BCUT2D eigenvalue weighted by molar-refractivity contribution is 6.34. The molecule has 0 saturated carbocycles. The largest absolute Gasteiger partial charge is 0.490 e. The van der Waals surface area contributed by atoms with Crippen LogP contribution in [0.25, 0.3) is 33.7 Å². The molecule has 0 spiro atoms. The second kappa shape index (κ2) is 9.30. The molecule has 1 N–H and O–H groups in total. The number of benzene rings is 2. The molecule has 0 saturated heterocycles. The van der Waals surface area contributed by atoms with Crippen molar-refractivity contribution in [2.45, 2.75) is 39.3 Å². The highest BCUT2D eigenvalue weighted by Gasteiger charge is 2.17. The second-order valence-electron chi connectivity index (χ2n) is 7.67. The Morgan fingerprint density at radius 3 is 2.88 bits per heavy atom. The zero-order valence-electron chi connectivity index (χ0n) is 17.9. The Labute approximate surface area is 194 Å². The molecular formula is C23H20ClN5O4. The van der Waals surface area contributed by atoms with Gasteiger partial charge in [-0.05, 0) is 50.6 Å². The van der Waals surface area contributed by atoms with Crippen LogP contribution in [0.3, 0.4) is 0 Å². The van der Waals surface area contributed by atoms with Crippen molar-refractivity contribution in [2.75, 3.05) is 0 Å². The van der Waals surface area contributed by atoms with E-state index in [0.29, 0.717) is 46.3 Å². The normalized spacial score (nSPS) is 11.1. The molecule has 0 aliphatic heterocycles. The van der Waals surface area contributed by atoms with Crippen molar-refractivity contribution in [1.82, 2.24) is 19.9 Å². The van der Waals surface area contributed by atoms with Gasteiger partial charge in [0.05, 0.1) is 28.4 Å². The van der Waals surface area contributed by atoms with E-state index in [1.54, 1.807) is 35.1 Å². The molecule has 2 heterocycles. The number of aliphatic carboxylic acids is 1. The molecule has 0 atom stereocenters. The van der Waals surface area contributed by atoms with Crippen LogP contribution in [0.4, 0.5) is 0 Å². The van der Waals surface area contributed by atoms with Gasteiger partial charge in [-0.1, -0.05) is 16.8 Å². The first-order valence-electron chi connectivity index (χ1n) is 10.3. The van der Waals surface area contributed by atoms with E-state index in [9.17, 15) is 10.1 Å². The summed E-state index contributed by atoms with van der Waals surface area (Å²) in [6.45, 7) is 4.24. The van der Waals surface area contributed by atoms with Crippen molar-refractivity contribution in [3.05, 3.63) is 47.1 Å². The quantitative estimate of drug-likeness (QED) is 0.388. The SMILES string of the molecule is CC(C)Oc1ccc(-c2nc(-c3cc4cnn(CCCC(=O)O)c4cc3Cl)no2)cc1C#N. The molecule has 0 radical (unpaired) electrons. The van der Waals surface area contributed by atoms with E-state index in [0.717, 1.165) is 10.9 Å². The first-order chi connectivity index (χ1) is 15.9. The molecule has 2 aromatic heterocycles. The standard InChI is InChI=1S/C23H20ClN5O4/c1-13(2)32-20-6-5-14(8-15(20)11-25)23-27-22(28-33-23)17-9-16-12-26-29(7-3-4-21(30)31)19(16)10-18(17)24/h5-6,8-10,12-13H,3-4,7H2,1-2H3,(H,30,31). The van der Waals surface area contributed by atoms with E-state index >= 15 is 0 Å². The number of fused-ring (bicyclic) bond motifs is 1. The lowest BCUT2D eigenvalue weighted by molar-refractivity contribution is -0.137. The second-order valence-corrected chi connectivity index (χ2v) is 8.08. The van der Waals surface area contributed by atoms with Gasteiger partial charge in [0.15, 0.2) is 0 Å². The molecule has 9 nitrogen and oxygen atoms in total. The van der Waals surface area contributed by atoms with Crippen LogP contribution in [0.15, 0.2) is 41.1 Å². The molecule has 0 amide bonds. The van der Waals surface area contributed by atoms with Crippen LogP contribution in [0, 0.1) is 11.3 Å². The predicted molar refractivity (Wildman–Crippen MR) is 121 cm³/mol. The van der Waals surface area contributed by atoms with Crippen LogP contribution in [-0.4, -0.2) is 37.1 Å². The molecule has 33 heavy (non-hydrogen) atoms. The molecule has 0 bridgehead atoms. The van der Waals surface area contributed by atoms with Crippen molar-refractivity contribution in [1.29, 1.82) is 5.26 Å². The first kappa shape index (κ1) is 22.3. The summed E-state index contributed by atoms with van der Waals surface area (Å²) in [6.07, 6.45) is 2.16. The van der Waals surface area contributed by atoms with Crippen molar-refractivity contribution < 1.29 is 19.2 Å². The molecule has 10 heteroatoms. The molecule has 0 aliphatic rings. The number of carboxylic acids is 1. The van der Waals surface area contributed by atoms with Crippen LogP contribution in [0.1, 0.15) is 32.3 Å². The summed E-state index contributed by atoms with van der Waals surface area (Å²) in [5.74, 6) is 0.197. The number of aryl methyl sites for hydroxylation is 1. The minimum Gasteiger partial charge on any atom is -0.490 e. The Balaban J connectivity index is 1.62. The van der Waals surface area contributed by atoms with Crippen molar-refractivity contribution >= 4 is 28.5 Å². The predicted octanol–water partition coefficient (Wildman–Crippen LogP) is 4.93. The van der Waals surface area contributed by atoms with Gasteiger partial charge in [-0.25, -0.2) is 0 Å². The third-order valence-corrected chi connectivity index (χ3v) is 5.18. The summed E-state index contributed by atoms with van der Waals surface area (Å²) in [4.78, 5) is 15.2. The lowest BCUT2D eigenvalue weighted by Gasteiger charge is -2.11. The van der Waals surface area contributed by atoms with Gasteiger partial charge in [0.1, 0.15) is 11.8 Å². The molecule has 0 unspecified atom stereocenters. The smallest absolute Gasteiger partial charge is 0.303 e. The third kappa shape index (κ3) is 4.81. The average molecular weight is 466 g/mol. The van der Waals surface area contributed by atoms with E-state index in [-0.39, 0.29) is 18.4 Å². The summed E-state index contributed by atoms with van der Waals surface area (Å²) in [6, 6.07) is 10.8. The maximum atomic E-state index is 10.8. The number of rotatable bonds is 8. The fourth-order valence-electron chi connectivity index (χ4n) is 3.39. The van der Waals surface area contributed by atoms with Gasteiger partial charge in [0, 0.05) is 29.5 Å². The Bertz CT molecular complexity index is 1370. The molecular weight excluding hydrogens is 446 g/mol. The van der Waals surface area contributed by atoms with Gasteiger partial charge in [0.2, 0.25) is 5.82 Å². The fraction of sp³-hybridized carbons (Fsp3) is 0.261. The summed E-state index contributed by atoms with van der Waals surface area (Å²) in [5, 5.41) is 27.9. The van der Waals surface area contributed by atoms with Crippen molar-refractivity contribution in [3.8, 4) is 34.7 Å². The van der Waals surface area contributed by atoms with Gasteiger partial charge in [-0.2, -0.15) is 15.3 Å². The third-order valence-electron chi connectivity index (χ3n) is 4.87. The fourth-order valence-corrected chi connectivity index (χ4v) is 3.63. The monoisotopic (exact) mass is 465 g/mol. The summed E-state index contributed by atoms with van der Waals surface area (Å²) in [5.41, 5.74) is 2.32. The maximum Gasteiger partial charge on any atom is 0.303 e. The Hall–Kier alpha value is -3.90. The molecule has 168 valence electrons. The summed E-state index contributed by atoms with van der Waals surface area (Å²) < 4.78 is 12.8. The van der Waals surface area contributed by atoms with Gasteiger partial charge in [-0.3, -0.25) is 9.48 Å². The molecule has 4 rings (SSSR count). The zero-order valence-corrected chi connectivity index (χ0v) is 18.7. The van der Waals surface area contributed by atoms with E-state index in [2.05, 4.69) is 21.3 Å². The number of carbonyl (C=O) groups is 1. The number of hydrogen-bond donors (Lipinski definition) is 1. The molecule has 0 fully saturated rings. The average Bonchev–Trinajstić information content (AvgIpc) is 3.40. The Kier molecular flexibility index (Phi) is 6.29. The number of nitrogens with zero attached hydrogens (tertiary/aromatic N) is 5. The van der Waals surface area contributed by atoms with Crippen molar-refractivity contribution in [2.24, 2.45) is 0 Å². The number of halogens is 1. The van der Waals surface area contributed by atoms with E-state index in [1.807, 2.05) is 19.9 Å². The molecule has 0 aliphatic carbocycles. The maximum absolute atomic E-state index is 10.8. The molecule has 2 aromatic carbocycles. The van der Waals surface area contributed by atoms with Gasteiger partial charge >= 0.3 is 5.97 Å². The van der Waals surface area contributed by atoms with Gasteiger partial charge in [0.25, 0.3) is 5.89 Å². The summed E-state index contributed by atoms with van der Waals surface area (Å²) in [7, 11) is 0. The lowest BCUT2D eigenvalue weighted by atomic mass is 10.1. The lowest BCUT2D eigenvalue weighted by Crippen LogP contribution is -2.06. The van der Waals surface area contributed by atoms with Gasteiger partial charge < -0.3 is 14.4 Å². The van der Waals surface area contributed by atoms with Gasteiger partial charge in [-0.15, -0.1) is 0 Å². The molecule has 4 aromatic rings. The highest BCUT2D eigenvalue weighted by atomic mass is 35.5. The number of aromatic nitrogens is 4. The minimum atomic E-state index is -0.844. The highest BCUT2D eigenvalue weighted by Crippen LogP contribution is 2.33. The number of carboxylic acid groups (broad SMARTS) is 1. The first-order valence-corrected chi connectivity index (χ1v) is 10.7. The van der Waals surface area contributed by atoms with Crippen LogP contribution < -0.4 is 4.74 Å². The summed E-state index contributed by atoms with van der Waals surface area (Å²) >= 11 is 6.51. The Morgan fingerprint density at radius 1 is 1.33 bits per heavy atom. The number of ether oxygens (including phenoxy) is 1. The number of nitriles is 1. The number of hydrogen-bond acceptors (Lipinski definition) is 7. The van der Waals surface area contributed by atoms with Crippen LogP contribution in [-0.2, 0) is 11.3 Å². The van der Waals surface area contributed by atoms with Crippen molar-refractivity contribution in [3.63, 3.8) is 0 Å². The van der Waals surface area contributed by atoms with Crippen LogP contribution >= 0.6 is 11.6 Å². The van der Waals surface area contributed by atoms with E-state index in [4.69, 9.17) is 26.0 Å². The Morgan fingerprint density at radius 2 is 2.15 bits per heavy atom. The van der Waals surface area contributed by atoms with E-state index < -0.39 is 5.97 Å².